The summed E-state index contributed by atoms with van der Waals surface area (Å²) in [6, 6.07) is -1.80. The zero-order valence-corrected chi connectivity index (χ0v) is 19.1. The summed E-state index contributed by atoms with van der Waals surface area (Å²) in [6.45, 7) is 0.522. The SMILES string of the molecule is CC1[C@@H](CO)CC(O[C@@H]2C(CO)C[C@H](N[C@H]3C=C(CO)C(O)[C@H](O)C3O)[C@H](O)C2O)C(O)[C@H]1O. The lowest BCUT2D eigenvalue weighted by Crippen LogP contribution is -2.65. The minimum absolute atomic E-state index is 0.0920. The molecular formula is C22H39NO11. The number of nitrogens with one attached hydrogen (secondary N) is 1. The Morgan fingerprint density at radius 2 is 1.44 bits per heavy atom. The van der Waals surface area contributed by atoms with Crippen LogP contribution in [0.4, 0.5) is 0 Å². The van der Waals surface area contributed by atoms with Gasteiger partial charge in [-0.15, -0.1) is 0 Å². The van der Waals surface area contributed by atoms with Crippen LogP contribution in [0.1, 0.15) is 19.8 Å². The van der Waals surface area contributed by atoms with E-state index >= 15 is 0 Å². The Morgan fingerprint density at radius 3 is 2.03 bits per heavy atom. The molecule has 12 nitrogen and oxygen atoms in total. The third kappa shape index (κ3) is 5.33. The molecule has 3 aliphatic rings. The predicted molar refractivity (Wildman–Crippen MR) is 116 cm³/mol. The zero-order valence-electron chi connectivity index (χ0n) is 19.1. The monoisotopic (exact) mass is 493 g/mol. The van der Waals surface area contributed by atoms with Gasteiger partial charge in [0.05, 0.1) is 37.1 Å². The molecule has 0 aliphatic heterocycles. The highest BCUT2D eigenvalue weighted by molar-refractivity contribution is 5.22. The van der Waals surface area contributed by atoms with E-state index in [2.05, 4.69) is 5.32 Å². The normalized spacial score (nSPS) is 50.1. The second-order valence-corrected chi connectivity index (χ2v) is 9.94. The van der Waals surface area contributed by atoms with Crippen molar-refractivity contribution in [2.24, 2.45) is 17.8 Å². The predicted octanol–water partition coefficient (Wildman–Crippen LogP) is -4.81. The van der Waals surface area contributed by atoms with Gasteiger partial charge in [0, 0.05) is 25.2 Å². The number of rotatable bonds is 7. The van der Waals surface area contributed by atoms with Gasteiger partial charge in [-0.25, -0.2) is 0 Å². The van der Waals surface area contributed by atoms with Crippen molar-refractivity contribution in [3.63, 3.8) is 0 Å². The molecule has 11 N–H and O–H groups in total. The van der Waals surface area contributed by atoms with Crippen LogP contribution >= 0.6 is 0 Å². The van der Waals surface area contributed by atoms with Crippen molar-refractivity contribution in [1.29, 1.82) is 0 Å². The van der Waals surface area contributed by atoms with Gasteiger partial charge in [0.1, 0.15) is 30.5 Å². The molecule has 2 saturated carbocycles. The molecule has 0 spiro atoms. The lowest BCUT2D eigenvalue weighted by molar-refractivity contribution is -0.220. The molecule has 0 aromatic carbocycles. The summed E-state index contributed by atoms with van der Waals surface area (Å²) in [5.74, 6) is -1.39. The minimum Gasteiger partial charge on any atom is -0.396 e. The molecular weight excluding hydrogens is 454 g/mol. The Labute approximate surface area is 197 Å². The van der Waals surface area contributed by atoms with E-state index in [0.29, 0.717) is 0 Å². The second-order valence-electron chi connectivity index (χ2n) is 9.94. The van der Waals surface area contributed by atoms with E-state index in [9.17, 15) is 51.1 Å². The molecule has 0 aromatic rings. The first-order valence-electron chi connectivity index (χ1n) is 11.8. The maximum Gasteiger partial charge on any atom is 0.111 e. The number of aliphatic hydroxyl groups excluding tert-OH is 10. The Balaban J connectivity index is 1.73. The first kappa shape index (κ1) is 27.8. The Hall–Kier alpha value is -0.740. The van der Waals surface area contributed by atoms with Crippen LogP contribution in [0.2, 0.25) is 0 Å². The van der Waals surface area contributed by atoms with Crippen LogP contribution < -0.4 is 5.32 Å². The molecule has 0 radical (unpaired) electrons. The van der Waals surface area contributed by atoms with Crippen LogP contribution in [-0.4, -0.2) is 138 Å². The topological polar surface area (TPSA) is 224 Å². The van der Waals surface area contributed by atoms with E-state index in [0.717, 1.165) is 0 Å². The van der Waals surface area contributed by atoms with Crippen LogP contribution in [-0.2, 0) is 4.74 Å². The molecule has 198 valence electrons. The van der Waals surface area contributed by atoms with E-state index in [1.54, 1.807) is 6.92 Å². The van der Waals surface area contributed by atoms with Crippen molar-refractivity contribution in [2.75, 3.05) is 19.8 Å². The van der Waals surface area contributed by atoms with Crippen molar-refractivity contribution in [1.82, 2.24) is 5.32 Å². The van der Waals surface area contributed by atoms with Gasteiger partial charge in [0.15, 0.2) is 0 Å². The van der Waals surface area contributed by atoms with E-state index in [-0.39, 0.29) is 36.9 Å². The summed E-state index contributed by atoms with van der Waals surface area (Å²) in [4.78, 5) is 0. The molecule has 2 fully saturated rings. The van der Waals surface area contributed by atoms with Gasteiger partial charge in [-0.3, -0.25) is 0 Å². The summed E-state index contributed by atoms with van der Waals surface area (Å²) in [5.41, 5.74) is 0.0959. The largest absolute Gasteiger partial charge is 0.396 e. The minimum atomic E-state index is -1.57. The second kappa shape index (κ2) is 11.5. The van der Waals surface area contributed by atoms with E-state index in [1.807, 2.05) is 0 Å². The Morgan fingerprint density at radius 1 is 0.794 bits per heavy atom. The van der Waals surface area contributed by atoms with E-state index in [4.69, 9.17) is 4.74 Å². The molecule has 12 heteroatoms. The highest BCUT2D eigenvalue weighted by Crippen LogP contribution is 2.36. The molecule has 0 saturated heterocycles. The van der Waals surface area contributed by atoms with Crippen molar-refractivity contribution >= 4 is 0 Å². The van der Waals surface area contributed by atoms with Gasteiger partial charge in [0.2, 0.25) is 0 Å². The van der Waals surface area contributed by atoms with Crippen LogP contribution in [0.15, 0.2) is 11.6 Å². The van der Waals surface area contributed by atoms with Gasteiger partial charge in [0.25, 0.3) is 0 Å². The van der Waals surface area contributed by atoms with Crippen LogP contribution in [0.5, 0.6) is 0 Å². The van der Waals surface area contributed by atoms with Crippen molar-refractivity contribution in [3.8, 4) is 0 Å². The van der Waals surface area contributed by atoms with Gasteiger partial charge >= 0.3 is 0 Å². The molecule has 0 bridgehead atoms. The highest BCUT2D eigenvalue weighted by atomic mass is 16.5. The molecule has 3 aliphatic carbocycles. The number of aliphatic hydroxyl groups is 10. The van der Waals surface area contributed by atoms with Gasteiger partial charge in [-0.1, -0.05) is 13.0 Å². The Kier molecular flexibility index (Phi) is 9.45. The molecule has 0 aromatic heterocycles. The summed E-state index contributed by atoms with van der Waals surface area (Å²) in [7, 11) is 0. The number of ether oxygens (including phenoxy) is 1. The Bertz CT molecular complexity index is 692. The highest BCUT2D eigenvalue weighted by Gasteiger charge is 2.49. The fourth-order valence-electron chi connectivity index (χ4n) is 5.48. The average molecular weight is 494 g/mol. The van der Waals surface area contributed by atoms with Crippen molar-refractivity contribution in [2.45, 2.75) is 86.8 Å². The quantitative estimate of drug-likeness (QED) is 0.150. The standard InChI is InChI=1S/C22H39NO11/c1-8-9(5-24)4-14(19(31)15(8)27)34-22-11(7-26)3-13(18(30)21(22)33)23-12-2-10(6-25)16(28)20(32)17(12)29/h2,8-9,11-33H,3-7H2,1H3/t8?,9-,11?,12+,13+,14?,15+,16?,17?,18+,19?,20+,21?,22-/m1/s1. The third-order valence-electron chi connectivity index (χ3n) is 7.87. The molecule has 34 heavy (non-hydrogen) atoms. The summed E-state index contributed by atoms with van der Waals surface area (Å²) >= 11 is 0. The van der Waals surface area contributed by atoms with Crippen LogP contribution in [0, 0.1) is 17.8 Å². The number of hydrogen-bond acceptors (Lipinski definition) is 12. The van der Waals surface area contributed by atoms with Crippen LogP contribution in [0.3, 0.4) is 0 Å². The molecule has 0 heterocycles. The molecule has 14 atom stereocenters. The maximum absolute atomic E-state index is 10.8. The van der Waals surface area contributed by atoms with Crippen LogP contribution in [0.25, 0.3) is 0 Å². The fourth-order valence-corrected chi connectivity index (χ4v) is 5.48. The summed E-state index contributed by atoms with van der Waals surface area (Å²) in [6.07, 6.45) is -10.1. The molecule has 7 unspecified atom stereocenters. The smallest absolute Gasteiger partial charge is 0.111 e. The third-order valence-corrected chi connectivity index (χ3v) is 7.87. The van der Waals surface area contributed by atoms with Crippen molar-refractivity contribution in [3.05, 3.63) is 11.6 Å². The van der Waals surface area contributed by atoms with E-state index < -0.39 is 86.2 Å². The van der Waals surface area contributed by atoms with E-state index in [1.165, 1.54) is 6.08 Å². The number of hydrogen-bond donors (Lipinski definition) is 11. The lowest BCUT2D eigenvalue weighted by Gasteiger charge is -2.48. The summed E-state index contributed by atoms with van der Waals surface area (Å²) in [5, 5.41) is 105. The average Bonchev–Trinajstić information content (AvgIpc) is 2.83. The van der Waals surface area contributed by atoms with Crippen molar-refractivity contribution < 1.29 is 55.8 Å². The zero-order chi connectivity index (χ0) is 25.3. The fraction of sp³-hybridized carbons (Fsp3) is 0.909. The first-order chi connectivity index (χ1) is 16.0. The van der Waals surface area contributed by atoms with Gasteiger partial charge in [-0.2, -0.15) is 0 Å². The molecule has 0 amide bonds. The maximum atomic E-state index is 10.8. The molecule has 3 rings (SSSR count). The first-order valence-corrected chi connectivity index (χ1v) is 11.8. The van der Waals surface area contributed by atoms with Gasteiger partial charge in [-0.05, 0) is 30.3 Å². The van der Waals surface area contributed by atoms with Gasteiger partial charge < -0.3 is 61.1 Å². The summed E-state index contributed by atoms with van der Waals surface area (Å²) < 4.78 is 5.92. The lowest BCUT2D eigenvalue weighted by atomic mass is 9.75.